The topological polar surface area (TPSA) is 64.0 Å². The zero-order valence-electron chi connectivity index (χ0n) is 18.4. The van der Waals surface area contributed by atoms with E-state index in [1.54, 1.807) is 37.5 Å². The monoisotopic (exact) mass is 473 g/mol. The summed E-state index contributed by atoms with van der Waals surface area (Å²) in [4.78, 5) is 29.3. The molecule has 2 aromatic heterocycles. The lowest BCUT2D eigenvalue weighted by Crippen LogP contribution is -2.18. The van der Waals surface area contributed by atoms with E-state index in [-0.39, 0.29) is 11.6 Å². The maximum absolute atomic E-state index is 13.4. The van der Waals surface area contributed by atoms with Gasteiger partial charge in [-0.1, -0.05) is 24.3 Å². The Labute approximate surface area is 197 Å². The molecule has 5 nitrogen and oxygen atoms in total. The van der Waals surface area contributed by atoms with Crippen LogP contribution in [0.3, 0.4) is 0 Å². The average molecular weight is 473 g/mol. The Morgan fingerprint density at radius 2 is 1.66 bits per heavy atom. The molecule has 0 aliphatic rings. The van der Waals surface area contributed by atoms with Gasteiger partial charge >= 0.3 is 6.18 Å². The van der Waals surface area contributed by atoms with Crippen LogP contribution < -0.4 is 10.9 Å². The number of hydrogen-bond acceptors (Lipinski definition) is 3. The Morgan fingerprint density at radius 3 is 2.37 bits per heavy atom. The molecule has 0 unspecified atom stereocenters. The standard InChI is InChI=1S/C27H18F3N3O2/c1-31-26(35)17-7-5-16(6-8-17)18-9-11-23-22(13-18)25-19(15-32-23)10-12-24(34)33(25)21-4-2-3-20(14-21)27(28,29)30/h2-15H,1H3,(H,31,35). The summed E-state index contributed by atoms with van der Waals surface area (Å²) >= 11 is 0. The van der Waals surface area contributed by atoms with Crippen LogP contribution in [0, 0.1) is 0 Å². The first kappa shape index (κ1) is 22.3. The van der Waals surface area contributed by atoms with Crippen LogP contribution in [0.4, 0.5) is 13.2 Å². The summed E-state index contributed by atoms with van der Waals surface area (Å²) in [7, 11) is 1.56. The number of benzene rings is 3. The Kier molecular flexibility index (Phi) is 5.36. The summed E-state index contributed by atoms with van der Waals surface area (Å²) in [5.74, 6) is -0.199. The van der Waals surface area contributed by atoms with E-state index in [9.17, 15) is 22.8 Å². The maximum Gasteiger partial charge on any atom is 0.416 e. The number of halogens is 3. The molecule has 35 heavy (non-hydrogen) atoms. The number of nitrogens with one attached hydrogen (secondary N) is 1. The number of amides is 1. The van der Waals surface area contributed by atoms with E-state index < -0.39 is 17.3 Å². The molecule has 0 saturated heterocycles. The number of fused-ring (bicyclic) bond motifs is 3. The summed E-state index contributed by atoms with van der Waals surface area (Å²) in [5.41, 5.74) is 2.03. The second kappa shape index (κ2) is 8.39. The molecule has 0 fully saturated rings. The summed E-state index contributed by atoms with van der Waals surface area (Å²) < 4.78 is 41.4. The summed E-state index contributed by atoms with van der Waals surface area (Å²) in [5, 5.41) is 3.80. The van der Waals surface area contributed by atoms with Crippen molar-refractivity contribution >= 4 is 27.7 Å². The molecule has 0 aliphatic carbocycles. The lowest BCUT2D eigenvalue weighted by molar-refractivity contribution is -0.137. The van der Waals surface area contributed by atoms with Gasteiger partial charge in [-0.15, -0.1) is 0 Å². The number of carbonyl (C=O) groups is 1. The first-order valence-electron chi connectivity index (χ1n) is 10.7. The number of aromatic nitrogens is 2. The van der Waals surface area contributed by atoms with Crippen LogP contribution in [0.15, 0.2) is 89.9 Å². The van der Waals surface area contributed by atoms with Gasteiger partial charge < -0.3 is 5.32 Å². The third-order valence-corrected chi connectivity index (χ3v) is 5.86. The molecule has 0 spiro atoms. The van der Waals surface area contributed by atoms with Crippen LogP contribution in [0.25, 0.3) is 38.6 Å². The predicted octanol–water partition coefficient (Wildman–Crippen LogP) is 5.58. The molecule has 174 valence electrons. The Balaban J connectivity index is 1.75. The minimum absolute atomic E-state index is 0.114. The van der Waals surface area contributed by atoms with E-state index in [1.165, 1.54) is 22.8 Å². The maximum atomic E-state index is 13.4. The van der Waals surface area contributed by atoms with Gasteiger partial charge in [0.05, 0.1) is 16.6 Å². The molecule has 0 saturated carbocycles. The van der Waals surface area contributed by atoms with E-state index in [2.05, 4.69) is 10.3 Å². The molecular formula is C27H18F3N3O2. The zero-order chi connectivity index (χ0) is 24.7. The van der Waals surface area contributed by atoms with Crippen molar-refractivity contribution in [2.75, 3.05) is 7.05 Å². The van der Waals surface area contributed by atoms with Crippen LogP contribution in [-0.2, 0) is 6.18 Å². The fourth-order valence-electron chi connectivity index (χ4n) is 4.13. The molecule has 3 aromatic carbocycles. The summed E-state index contributed by atoms with van der Waals surface area (Å²) in [6.07, 6.45) is -2.94. The lowest BCUT2D eigenvalue weighted by Gasteiger charge is -2.15. The number of alkyl halides is 3. The van der Waals surface area contributed by atoms with Gasteiger partial charge in [0.2, 0.25) is 0 Å². The Bertz CT molecular complexity index is 1660. The molecule has 1 amide bonds. The van der Waals surface area contributed by atoms with Crippen molar-refractivity contribution in [3.63, 3.8) is 0 Å². The van der Waals surface area contributed by atoms with E-state index in [1.807, 2.05) is 24.3 Å². The van der Waals surface area contributed by atoms with Crippen LogP contribution in [0.2, 0.25) is 0 Å². The molecule has 0 aliphatic heterocycles. The summed E-state index contributed by atoms with van der Waals surface area (Å²) in [6, 6.07) is 20.2. The minimum atomic E-state index is -4.54. The highest BCUT2D eigenvalue weighted by molar-refractivity contribution is 6.05. The molecule has 2 heterocycles. The van der Waals surface area contributed by atoms with Crippen molar-refractivity contribution in [1.82, 2.24) is 14.9 Å². The van der Waals surface area contributed by atoms with Gasteiger partial charge in [0.1, 0.15) is 0 Å². The van der Waals surface area contributed by atoms with Gasteiger partial charge in [-0.05, 0) is 59.7 Å². The second-order valence-electron chi connectivity index (χ2n) is 8.01. The number of nitrogens with zero attached hydrogens (tertiary/aromatic N) is 2. The molecule has 5 rings (SSSR count). The Hall–Kier alpha value is -4.46. The lowest BCUT2D eigenvalue weighted by atomic mass is 10.0. The fraction of sp³-hybridized carbons (Fsp3) is 0.0741. The number of carbonyl (C=O) groups excluding carboxylic acids is 1. The highest BCUT2D eigenvalue weighted by Gasteiger charge is 2.30. The van der Waals surface area contributed by atoms with Crippen LogP contribution in [0.1, 0.15) is 15.9 Å². The van der Waals surface area contributed by atoms with Gasteiger partial charge in [0, 0.05) is 41.3 Å². The van der Waals surface area contributed by atoms with Crippen LogP contribution >= 0.6 is 0 Å². The molecule has 0 radical (unpaired) electrons. The molecule has 8 heteroatoms. The molecular weight excluding hydrogens is 455 g/mol. The van der Waals surface area contributed by atoms with Crippen molar-refractivity contribution in [2.45, 2.75) is 6.18 Å². The average Bonchev–Trinajstić information content (AvgIpc) is 2.87. The largest absolute Gasteiger partial charge is 0.416 e. The van der Waals surface area contributed by atoms with E-state index in [4.69, 9.17) is 0 Å². The van der Waals surface area contributed by atoms with Crippen LogP contribution in [-0.4, -0.2) is 22.5 Å². The normalized spacial score (nSPS) is 11.7. The third-order valence-electron chi connectivity index (χ3n) is 5.86. The second-order valence-corrected chi connectivity index (χ2v) is 8.01. The molecule has 1 N–H and O–H groups in total. The van der Waals surface area contributed by atoms with Crippen molar-refractivity contribution < 1.29 is 18.0 Å². The SMILES string of the molecule is CNC(=O)c1ccc(-c2ccc3ncc4ccc(=O)n(-c5cccc(C(F)(F)F)c5)c4c3c2)cc1. The van der Waals surface area contributed by atoms with Gasteiger partial charge in [-0.3, -0.25) is 19.1 Å². The minimum Gasteiger partial charge on any atom is -0.355 e. The quantitative estimate of drug-likeness (QED) is 0.348. The van der Waals surface area contributed by atoms with Gasteiger partial charge in [-0.2, -0.15) is 13.2 Å². The molecule has 0 atom stereocenters. The van der Waals surface area contributed by atoms with Crippen molar-refractivity contribution in [3.8, 4) is 16.8 Å². The highest BCUT2D eigenvalue weighted by atomic mass is 19.4. The van der Waals surface area contributed by atoms with Crippen molar-refractivity contribution in [2.24, 2.45) is 0 Å². The summed E-state index contributed by atoms with van der Waals surface area (Å²) in [6.45, 7) is 0. The number of pyridine rings is 2. The van der Waals surface area contributed by atoms with Gasteiger partial charge in [-0.25, -0.2) is 0 Å². The van der Waals surface area contributed by atoms with Gasteiger partial charge in [0.15, 0.2) is 0 Å². The highest BCUT2D eigenvalue weighted by Crippen LogP contribution is 2.32. The van der Waals surface area contributed by atoms with Gasteiger partial charge in [0.25, 0.3) is 11.5 Å². The smallest absolute Gasteiger partial charge is 0.355 e. The number of hydrogen-bond donors (Lipinski definition) is 1. The van der Waals surface area contributed by atoms with Crippen LogP contribution in [0.5, 0.6) is 0 Å². The van der Waals surface area contributed by atoms with E-state index >= 15 is 0 Å². The first-order valence-corrected chi connectivity index (χ1v) is 10.7. The Morgan fingerprint density at radius 1 is 0.914 bits per heavy atom. The molecule has 5 aromatic rings. The van der Waals surface area contributed by atoms with Crippen molar-refractivity contribution in [3.05, 3.63) is 107 Å². The number of rotatable bonds is 3. The zero-order valence-corrected chi connectivity index (χ0v) is 18.4. The fourth-order valence-corrected chi connectivity index (χ4v) is 4.13. The first-order chi connectivity index (χ1) is 16.8. The third kappa shape index (κ3) is 4.03. The molecule has 0 bridgehead atoms. The predicted molar refractivity (Wildman–Crippen MR) is 129 cm³/mol. The van der Waals surface area contributed by atoms with E-state index in [0.717, 1.165) is 23.3 Å². The van der Waals surface area contributed by atoms with Crippen molar-refractivity contribution in [1.29, 1.82) is 0 Å². The van der Waals surface area contributed by atoms with E-state index in [0.29, 0.717) is 27.4 Å².